The molecule has 6 nitrogen and oxygen atoms in total. The maximum absolute atomic E-state index is 12.8. The number of likely N-dealkylation sites (tertiary alicyclic amines) is 1. The highest BCUT2D eigenvalue weighted by Gasteiger charge is 2.32. The number of nitrogens with two attached hydrogens (primary N) is 1. The standard InChI is InChI=1S/C24H27N5O/c1-17-9-19(15-29(17)24(30)10-18-5-3-2-4-6-18)14-28-16-27-22-11-20(7-8-23(22)28)21(12-25)13-26/h2-8,11-13,16-17,19,25H,9-10,14-15,26H2,1H3/b21-13+,25-12?/t17-,19?/m0/s1. The quantitative estimate of drug-likeness (QED) is 0.620. The molecule has 1 aliphatic heterocycles. The molecule has 1 saturated heterocycles. The zero-order valence-electron chi connectivity index (χ0n) is 17.2. The van der Waals surface area contributed by atoms with Gasteiger partial charge in [0.25, 0.3) is 0 Å². The van der Waals surface area contributed by atoms with Gasteiger partial charge in [-0.2, -0.15) is 0 Å². The normalized spacial score (nSPS) is 19.4. The lowest BCUT2D eigenvalue weighted by molar-refractivity contribution is -0.131. The van der Waals surface area contributed by atoms with E-state index in [0.29, 0.717) is 17.9 Å². The summed E-state index contributed by atoms with van der Waals surface area (Å²) in [5, 5.41) is 7.47. The number of rotatable bonds is 6. The van der Waals surface area contributed by atoms with Crippen LogP contribution in [0, 0.1) is 11.3 Å². The van der Waals surface area contributed by atoms with Gasteiger partial charge in [-0.3, -0.25) is 4.79 Å². The first kappa shape index (κ1) is 19.9. The number of fused-ring (bicyclic) bond motifs is 1. The maximum atomic E-state index is 12.8. The predicted octanol–water partition coefficient (Wildman–Crippen LogP) is 3.47. The van der Waals surface area contributed by atoms with E-state index < -0.39 is 0 Å². The van der Waals surface area contributed by atoms with E-state index in [-0.39, 0.29) is 11.9 Å². The lowest BCUT2D eigenvalue weighted by Crippen LogP contribution is -2.35. The number of carbonyl (C=O) groups excluding carboxylic acids is 1. The van der Waals surface area contributed by atoms with Gasteiger partial charge in [0.1, 0.15) is 0 Å². The van der Waals surface area contributed by atoms with Gasteiger partial charge < -0.3 is 20.6 Å². The molecule has 1 aliphatic rings. The lowest BCUT2D eigenvalue weighted by Gasteiger charge is -2.21. The number of hydrogen-bond acceptors (Lipinski definition) is 4. The summed E-state index contributed by atoms with van der Waals surface area (Å²) in [6, 6.07) is 16.1. The SMILES string of the molecule is C[C@H]1CC(Cn2cnc3cc(/C(C=N)=C/N)ccc32)CN1C(=O)Cc1ccccc1. The fraction of sp³-hybridized carbons (Fsp3) is 0.292. The molecule has 2 aromatic carbocycles. The molecule has 30 heavy (non-hydrogen) atoms. The van der Waals surface area contributed by atoms with Gasteiger partial charge in [-0.15, -0.1) is 0 Å². The first-order valence-corrected chi connectivity index (χ1v) is 10.3. The third kappa shape index (κ3) is 3.99. The Hall–Kier alpha value is -3.41. The van der Waals surface area contributed by atoms with Gasteiger partial charge in [0, 0.05) is 37.1 Å². The van der Waals surface area contributed by atoms with E-state index >= 15 is 0 Å². The number of amides is 1. The molecule has 0 radical (unpaired) electrons. The molecule has 4 rings (SSSR count). The molecule has 0 aliphatic carbocycles. The van der Waals surface area contributed by atoms with Crippen molar-refractivity contribution in [3.8, 4) is 0 Å². The molecule has 0 saturated carbocycles. The molecule has 1 aromatic heterocycles. The number of benzene rings is 2. The molecule has 0 spiro atoms. The summed E-state index contributed by atoms with van der Waals surface area (Å²) in [5.41, 5.74) is 10.2. The summed E-state index contributed by atoms with van der Waals surface area (Å²) < 4.78 is 2.16. The highest BCUT2D eigenvalue weighted by molar-refractivity contribution is 6.08. The fourth-order valence-electron chi connectivity index (χ4n) is 4.39. The van der Waals surface area contributed by atoms with Crippen LogP contribution in [0.5, 0.6) is 0 Å². The average Bonchev–Trinajstić information content (AvgIpc) is 3.33. The van der Waals surface area contributed by atoms with Crippen molar-refractivity contribution >= 4 is 28.7 Å². The Morgan fingerprint density at radius 2 is 2.07 bits per heavy atom. The lowest BCUT2D eigenvalue weighted by atomic mass is 10.1. The molecule has 0 bridgehead atoms. The van der Waals surface area contributed by atoms with Crippen molar-refractivity contribution in [3.63, 3.8) is 0 Å². The molecule has 2 heterocycles. The Labute approximate surface area is 176 Å². The summed E-state index contributed by atoms with van der Waals surface area (Å²) >= 11 is 0. The average molecular weight is 402 g/mol. The zero-order chi connectivity index (χ0) is 21.1. The van der Waals surface area contributed by atoms with Crippen molar-refractivity contribution in [1.82, 2.24) is 14.5 Å². The van der Waals surface area contributed by atoms with E-state index in [1.807, 2.05) is 59.8 Å². The Kier molecular flexibility index (Phi) is 5.65. The van der Waals surface area contributed by atoms with Crippen LogP contribution in [0.15, 0.2) is 61.1 Å². The molecule has 1 unspecified atom stereocenters. The van der Waals surface area contributed by atoms with Crippen molar-refractivity contribution < 1.29 is 4.79 Å². The van der Waals surface area contributed by atoms with E-state index in [1.54, 1.807) is 0 Å². The summed E-state index contributed by atoms with van der Waals surface area (Å²) in [5.74, 6) is 0.599. The van der Waals surface area contributed by atoms with E-state index in [4.69, 9.17) is 11.1 Å². The monoisotopic (exact) mass is 401 g/mol. The van der Waals surface area contributed by atoms with E-state index in [0.717, 1.165) is 41.7 Å². The third-order valence-electron chi connectivity index (χ3n) is 5.92. The number of carbonyl (C=O) groups is 1. The zero-order valence-corrected chi connectivity index (χ0v) is 17.2. The first-order valence-electron chi connectivity index (χ1n) is 10.3. The molecular formula is C24H27N5O. The molecule has 1 fully saturated rings. The largest absolute Gasteiger partial charge is 0.404 e. The van der Waals surface area contributed by atoms with Crippen LogP contribution >= 0.6 is 0 Å². The van der Waals surface area contributed by atoms with Gasteiger partial charge in [0.05, 0.1) is 23.8 Å². The van der Waals surface area contributed by atoms with Crippen molar-refractivity contribution in [2.24, 2.45) is 11.7 Å². The summed E-state index contributed by atoms with van der Waals surface area (Å²) in [4.78, 5) is 19.4. The molecule has 2 atom stereocenters. The van der Waals surface area contributed by atoms with Gasteiger partial charge >= 0.3 is 0 Å². The van der Waals surface area contributed by atoms with Crippen molar-refractivity contribution in [3.05, 3.63) is 72.2 Å². The van der Waals surface area contributed by atoms with Crippen LogP contribution < -0.4 is 5.73 Å². The topological polar surface area (TPSA) is 88.0 Å². The Morgan fingerprint density at radius 1 is 1.27 bits per heavy atom. The Morgan fingerprint density at radius 3 is 2.80 bits per heavy atom. The highest BCUT2D eigenvalue weighted by Crippen LogP contribution is 2.27. The van der Waals surface area contributed by atoms with Gasteiger partial charge in [-0.1, -0.05) is 36.4 Å². The highest BCUT2D eigenvalue weighted by atomic mass is 16.2. The smallest absolute Gasteiger partial charge is 0.227 e. The molecule has 1 amide bonds. The molecule has 3 aromatic rings. The molecule has 154 valence electrons. The second-order valence-electron chi connectivity index (χ2n) is 8.03. The maximum Gasteiger partial charge on any atom is 0.227 e. The summed E-state index contributed by atoms with van der Waals surface area (Å²) in [6.07, 6.45) is 6.00. The number of allylic oxidation sites excluding steroid dienone is 1. The first-order chi connectivity index (χ1) is 14.6. The van der Waals surface area contributed by atoms with Crippen LogP contribution in [0.4, 0.5) is 0 Å². The second kappa shape index (κ2) is 8.53. The van der Waals surface area contributed by atoms with Crippen LogP contribution in [-0.2, 0) is 17.8 Å². The van der Waals surface area contributed by atoms with Gasteiger partial charge in [0.15, 0.2) is 0 Å². The summed E-state index contributed by atoms with van der Waals surface area (Å²) in [7, 11) is 0. The summed E-state index contributed by atoms with van der Waals surface area (Å²) in [6.45, 7) is 3.75. The fourth-order valence-corrected chi connectivity index (χ4v) is 4.39. The molecule has 3 N–H and O–H groups in total. The third-order valence-corrected chi connectivity index (χ3v) is 5.92. The van der Waals surface area contributed by atoms with Crippen LogP contribution in [-0.4, -0.2) is 39.2 Å². The Bertz CT molecular complexity index is 1090. The molecule has 6 heteroatoms. The number of imidazole rings is 1. The van der Waals surface area contributed by atoms with Crippen molar-refractivity contribution in [2.75, 3.05) is 6.54 Å². The number of hydrogen-bond donors (Lipinski definition) is 2. The van der Waals surface area contributed by atoms with Crippen LogP contribution in [0.1, 0.15) is 24.5 Å². The minimum absolute atomic E-state index is 0.198. The number of nitrogens with one attached hydrogen (secondary N) is 1. The van der Waals surface area contributed by atoms with Crippen LogP contribution in [0.25, 0.3) is 16.6 Å². The van der Waals surface area contributed by atoms with Crippen LogP contribution in [0.2, 0.25) is 0 Å². The minimum atomic E-state index is 0.198. The Balaban J connectivity index is 1.45. The van der Waals surface area contributed by atoms with E-state index in [9.17, 15) is 4.79 Å². The van der Waals surface area contributed by atoms with E-state index in [2.05, 4.69) is 16.5 Å². The predicted molar refractivity (Wildman–Crippen MR) is 120 cm³/mol. The van der Waals surface area contributed by atoms with Gasteiger partial charge in [0.2, 0.25) is 5.91 Å². The van der Waals surface area contributed by atoms with Crippen molar-refractivity contribution in [2.45, 2.75) is 32.4 Å². The van der Waals surface area contributed by atoms with Gasteiger partial charge in [-0.05, 0) is 42.5 Å². The van der Waals surface area contributed by atoms with Crippen LogP contribution in [0.3, 0.4) is 0 Å². The molecular weight excluding hydrogens is 374 g/mol. The minimum Gasteiger partial charge on any atom is -0.404 e. The van der Waals surface area contributed by atoms with Gasteiger partial charge in [-0.25, -0.2) is 4.98 Å². The second-order valence-corrected chi connectivity index (χ2v) is 8.03. The number of nitrogens with zero attached hydrogens (tertiary/aromatic N) is 3. The van der Waals surface area contributed by atoms with E-state index in [1.165, 1.54) is 12.4 Å². The van der Waals surface area contributed by atoms with Crippen molar-refractivity contribution in [1.29, 1.82) is 5.41 Å². The number of aromatic nitrogens is 2.